The molecule has 0 fully saturated rings. The molecule has 0 saturated heterocycles. The molecule has 0 aromatic carbocycles. The molecule has 0 atom stereocenters. The minimum Gasteiger partial charge on any atom is -0.329 e. The van der Waals surface area contributed by atoms with E-state index in [1.807, 2.05) is 6.08 Å². The molecule has 0 heterocycles. The van der Waals surface area contributed by atoms with Crippen molar-refractivity contribution in [2.75, 3.05) is 124 Å². The predicted molar refractivity (Wildman–Crippen MR) is 158 cm³/mol. The minimum atomic E-state index is 0.689. The van der Waals surface area contributed by atoms with Crippen LogP contribution in [0.4, 0.5) is 0 Å². The van der Waals surface area contributed by atoms with Crippen molar-refractivity contribution in [3.63, 3.8) is 0 Å². The first-order valence-corrected chi connectivity index (χ1v) is 14.1. The molecule has 0 saturated carbocycles. The summed E-state index contributed by atoms with van der Waals surface area (Å²) in [5.74, 6) is 0. The van der Waals surface area contributed by atoms with E-state index in [-0.39, 0.29) is 0 Å². The maximum absolute atomic E-state index is 5.52. The number of hydrogen-bond donors (Lipinski definition) is 9. The zero-order valence-electron chi connectivity index (χ0n) is 23.1. The van der Waals surface area contributed by atoms with Gasteiger partial charge in [-0.05, 0) is 32.4 Å². The van der Waals surface area contributed by atoms with Gasteiger partial charge in [0.15, 0.2) is 0 Å². The summed E-state index contributed by atoms with van der Waals surface area (Å²) in [5, 5.41) is 24.1. The summed E-state index contributed by atoms with van der Waals surface area (Å²) in [6, 6.07) is 0. The van der Waals surface area contributed by atoms with Crippen molar-refractivity contribution in [3.8, 4) is 0 Å². The summed E-state index contributed by atoms with van der Waals surface area (Å²) < 4.78 is 0. The Morgan fingerprint density at radius 2 is 0.944 bits per heavy atom. The monoisotopic (exact) mass is 513 g/mol. The molecule has 0 unspecified atom stereocenters. The van der Waals surface area contributed by atoms with Crippen LogP contribution in [0, 0.1) is 0 Å². The van der Waals surface area contributed by atoms with Gasteiger partial charge in [-0.15, -0.1) is 6.58 Å². The van der Waals surface area contributed by atoms with Crippen LogP contribution in [-0.4, -0.2) is 129 Å². The number of nitrogens with two attached hydrogens (primary N) is 2. The van der Waals surface area contributed by atoms with Crippen LogP contribution >= 0.6 is 0 Å². The van der Waals surface area contributed by atoms with E-state index in [9.17, 15) is 0 Å². The first kappa shape index (κ1) is 35.1. The lowest BCUT2D eigenvalue weighted by Crippen LogP contribution is -2.40. The first-order valence-electron chi connectivity index (χ1n) is 14.1. The average Bonchev–Trinajstić information content (AvgIpc) is 2.88. The van der Waals surface area contributed by atoms with Crippen molar-refractivity contribution in [2.24, 2.45) is 11.5 Å². The predicted octanol–water partition coefficient (Wildman–Crippen LogP) is -1.75. The zero-order chi connectivity index (χ0) is 26.4. The Hall–Kier alpha value is -0.920. The molecular formula is C26H60N10. The molecule has 0 aliphatic carbocycles. The standard InChI is InChI=1S/C26H60N10/c1-3-4-9-29-10-5-26(2)6-23-36(24-21-34-19-14-31-12-8-28)25-22-35-20-18-33-17-16-32-15-13-30-11-7-27/h3,29-35H,1-2,4-25,27-28H2. The highest BCUT2D eigenvalue weighted by molar-refractivity contribution is 4.95. The smallest absolute Gasteiger partial charge is 0.0107 e. The summed E-state index contributed by atoms with van der Waals surface area (Å²) >= 11 is 0. The van der Waals surface area contributed by atoms with Crippen LogP contribution in [0.3, 0.4) is 0 Å². The van der Waals surface area contributed by atoms with Gasteiger partial charge in [-0.25, -0.2) is 0 Å². The van der Waals surface area contributed by atoms with Crippen molar-refractivity contribution < 1.29 is 0 Å². The first-order chi connectivity index (χ1) is 17.7. The van der Waals surface area contributed by atoms with Crippen LogP contribution < -0.4 is 48.7 Å². The van der Waals surface area contributed by atoms with E-state index >= 15 is 0 Å². The minimum absolute atomic E-state index is 0.689. The molecular weight excluding hydrogens is 452 g/mol. The van der Waals surface area contributed by atoms with Crippen molar-refractivity contribution >= 4 is 0 Å². The van der Waals surface area contributed by atoms with Gasteiger partial charge < -0.3 is 53.6 Å². The van der Waals surface area contributed by atoms with Crippen LogP contribution in [-0.2, 0) is 0 Å². The van der Waals surface area contributed by atoms with E-state index in [2.05, 4.69) is 55.3 Å². The summed E-state index contributed by atoms with van der Waals surface area (Å²) in [6.45, 7) is 26.2. The van der Waals surface area contributed by atoms with Gasteiger partial charge in [-0.1, -0.05) is 18.2 Å². The van der Waals surface area contributed by atoms with Crippen molar-refractivity contribution in [1.29, 1.82) is 0 Å². The molecule has 10 nitrogen and oxygen atoms in total. The maximum atomic E-state index is 5.52. The Kier molecular flexibility index (Phi) is 29.5. The second kappa shape index (κ2) is 30.3. The molecule has 0 amide bonds. The number of nitrogens with one attached hydrogen (secondary N) is 7. The van der Waals surface area contributed by atoms with Crippen molar-refractivity contribution in [1.82, 2.24) is 42.1 Å². The molecule has 36 heavy (non-hydrogen) atoms. The molecule has 0 aliphatic rings. The van der Waals surface area contributed by atoms with E-state index in [1.165, 1.54) is 5.57 Å². The Bertz CT molecular complexity index is 464. The van der Waals surface area contributed by atoms with Crippen LogP contribution in [0.15, 0.2) is 24.8 Å². The van der Waals surface area contributed by atoms with E-state index in [0.29, 0.717) is 13.1 Å². The van der Waals surface area contributed by atoms with Crippen molar-refractivity contribution in [2.45, 2.75) is 19.3 Å². The van der Waals surface area contributed by atoms with E-state index < -0.39 is 0 Å². The summed E-state index contributed by atoms with van der Waals surface area (Å²) in [6.07, 6.45) is 5.06. The highest BCUT2D eigenvalue weighted by atomic mass is 15.2. The molecule has 11 N–H and O–H groups in total. The fourth-order valence-corrected chi connectivity index (χ4v) is 3.51. The van der Waals surface area contributed by atoms with Gasteiger partial charge in [0.05, 0.1) is 0 Å². The third-order valence-corrected chi connectivity index (χ3v) is 5.73. The van der Waals surface area contributed by atoms with E-state index in [0.717, 1.165) is 131 Å². The topological polar surface area (TPSA) is 139 Å². The number of rotatable bonds is 31. The Labute approximate surface area is 222 Å². The van der Waals surface area contributed by atoms with Crippen molar-refractivity contribution in [3.05, 3.63) is 24.8 Å². The zero-order valence-corrected chi connectivity index (χ0v) is 23.1. The van der Waals surface area contributed by atoms with Gasteiger partial charge in [0.1, 0.15) is 0 Å². The number of nitrogens with zero attached hydrogens (tertiary/aromatic N) is 1. The Balaban J connectivity index is 3.93. The van der Waals surface area contributed by atoms with Crippen LogP contribution in [0.1, 0.15) is 19.3 Å². The molecule has 0 aliphatic heterocycles. The largest absolute Gasteiger partial charge is 0.329 e. The number of hydrogen-bond acceptors (Lipinski definition) is 10. The average molecular weight is 513 g/mol. The fraction of sp³-hybridized carbons (Fsp3) is 0.846. The lowest BCUT2D eigenvalue weighted by molar-refractivity contribution is 0.275. The third kappa shape index (κ3) is 27.7. The SMILES string of the molecule is C=CCCNCCC(=C)CCN(CCNCCNCCN)CCNCCNCCNCCNCCN. The highest BCUT2D eigenvalue weighted by Gasteiger charge is 2.06. The van der Waals surface area contributed by atoms with Gasteiger partial charge >= 0.3 is 0 Å². The highest BCUT2D eigenvalue weighted by Crippen LogP contribution is 2.04. The lowest BCUT2D eigenvalue weighted by atomic mass is 10.1. The Morgan fingerprint density at radius 3 is 1.39 bits per heavy atom. The Morgan fingerprint density at radius 1 is 0.528 bits per heavy atom. The molecule has 0 rings (SSSR count). The normalized spacial score (nSPS) is 11.4. The van der Waals surface area contributed by atoms with Gasteiger partial charge in [0.25, 0.3) is 0 Å². The van der Waals surface area contributed by atoms with Gasteiger partial charge in [-0.3, -0.25) is 0 Å². The summed E-state index contributed by atoms with van der Waals surface area (Å²) in [5.41, 5.74) is 12.3. The van der Waals surface area contributed by atoms with Gasteiger partial charge in [0, 0.05) is 111 Å². The van der Waals surface area contributed by atoms with E-state index in [4.69, 9.17) is 11.5 Å². The third-order valence-electron chi connectivity index (χ3n) is 5.73. The molecule has 0 aromatic heterocycles. The molecule has 214 valence electrons. The maximum Gasteiger partial charge on any atom is 0.0107 e. The fourth-order valence-electron chi connectivity index (χ4n) is 3.51. The summed E-state index contributed by atoms with van der Waals surface area (Å²) in [7, 11) is 0. The second-order valence-corrected chi connectivity index (χ2v) is 9.00. The van der Waals surface area contributed by atoms with Crippen LogP contribution in [0.2, 0.25) is 0 Å². The molecule has 10 heteroatoms. The molecule has 0 radical (unpaired) electrons. The van der Waals surface area contributed by atoms with Crippen LogP contribution in [0.25, 0.3) is 0 Å². The lowest BCUT2D eigenvalue weighted by Gasteiger charge is -2.23. The second-order valence-electron chi connectivity index (χ2n) is 9.00. The molecule has 0 aromatic rings. The van der Waals surface area contributed by atoms with Gasteiger partial charge in [-0.2, -0.15) is 0 Å². The summed E-state index contributed by atoms with van der Waals surface area (Å²) in [4.78, 5) is 2.54. The molecule has 0 spiro atoms. The quantitative estimate of drug-likeness (QED) is 0.0388. The van der Waals surface area contributed by atoms with E-state index in [1.54, 1.807) is 0 Å². The van der Waals surface area contributed by atoms with Crippen LogP contribution in [0.5, 0.6) is 0 Å². The van der Waals surface area contributed by atoms with Gasteiger partial charge in [0.2, 0.25) is 0 Å². The molecule has 0 bridgehead atoms.